The zero-order valence-corrected chi connectivity index (χ0v) is 21.8. The Hall–Kier alpha value is -1.06. The predicted octanol–water partition coefficient (Wildman–Crippen LogP) is 9.04. The van der Waals surface area contributed by atoms with E-state index in [4.69, 9.17) is 9.47 Å². The van der Waals surface area contributed by atoms with Gasteiger partial charge < -0.3 is 9.47 Å². The Bertz CT molecular complexity index is 390. The topological polar surface area (TPSA) is 52.6 Å². The Morgan fingerprint density at radius 2 is 0.781 bits per heavy atom. The number of ether oxygens (including phenoxy) is 2. The van der Waals surface area contributed by atoms with Gasteiger partial charge in [0.2, 0.25) is 6.29 Å². The molecule has 4 nitrogen and oxygen atoms in total. The van der Waals surface area contributed by atoms with Crippen LogP contribution in [0.5, 0.6) is 0 Å². The van der Waals surface area contributed by atoms with Crippen LogP contribution < -0.4 is 0 Å². The molecule has 0 atom stereocenters. The van der Waals surface area contributed by atoms with E-state index in [1.54, 1.807) is 0 Å². The van der Waals surface area contributed by atoms with Crippen LogP contribution >= 0.6 is 0 Å². The molecule has 190 valence electrons. The van der Waals surface area contributed by atoms with E-state index in [1.165, 1.54) is 83.5 Å². The fraction of sp³-hybridized carbons (Fsp3) is 0.929. The van der Waals surface area contributed by atoms with Gasteiger partial charge in [-0.25, -0.2) is 0 Å². The first-order chi connectivity index (χ1) is 15.6. The molecule has 0 fully saturated rings. The summed E-state index contributed by atoms with van der Waals surface area (Å²) in [7, 11) is 0. The summed E-state index contributed by atoms with van der Waals surface area (Å²) in [6.07, 6.45) is 22.8. The first-order valence-electron chi connectivity index (χ1n) is 14.0. The zero-order valence-electron chi connectivity index (χ0n) is 21.8. The molecule has 0 aromatic heterocycles. The highest BCUT2D eigenvalue weighted by Gasteiger charge is 2.18. The van der Waals surface area contributed by atoms with E-state index in [9.17, 15) is 9.59 Å². The van der Waals surface area contributed by atoms with Crippen molar-refractivity contribution in [2.45, 2.75) is 168 Å². The van der Waals surface area contributed by atoms with E-state index in [-0.39, 0.29) is 11.9 Å². The first-order valence-corrected chi connectivity index (χ1v) is 14.0. The Morgan fingerprint density at radius 3 is 1.16 bits per heavy atom. The molecule has 0 radical (unpaired) electrons. The molecule has 4 heteroatoms. The van der Waals surface area contributed by atoms with E-state index in [0.29, 0.717) is 19.3 Å². The molecule has 0 heterocycles. The molecule has 0 amide bonds. The molecular weight excluding hydrogens is 400 g/mol. The maximum Gasteiger partial charge on any atom is 0.308 e. The number of esters is 2. The quantitative estimate of drug-likeness (QED) is 0.0829. The lowest BCUT2D eigenvalue weighted by atomic mass is 10.1. The highest BCUT2D eigenvalue weighted by Crippen LogP contribution is 2.15. The predicted molar refractivity (Wildman–Crippen MR) is 135 cm³/mol. The third-order valence-electron chi connectivity index (χ3n) is 6.04. The minimum absolute atomic E-state index is 0.221. The fourth-order valence-electron chi connectivity index (χ4n) is 3.92. The molecule has 0 saturated heterocycles. The molecule has 0 aromatic carbocycles. The molecule has 0 aromatic rings. The molecule has 0 aliphatic rings. The molecule has 32 heavy (non-hydrogen) atoms. The van der Waals surface area contributed by atoms with Crippen LogP contribution in [0.3, 0.4) is 0 Å². The van der Waals surface area contributed by atoms with Crippen molar-refractivity contribution in [2.24, 2.45) is 0 Å². The summed E-state index contributed by atoms with van der Waals surface area (Å²) in [4.78, 5) is 24.6. The molecule has 0 bridgehead atoms. The molecule has 0 spiro atoms. The summed E-state index contributed by atoms with van der Waals surface area (Å²) >= 11 is 0. The van der Waals surface area contributed by atoms with Gasteiger partial charge in [-0.2, -0.15) is 0 Å². The Kier molecular flexibility index (Phi) is 23.8. The average molecular weight is 455 g/mol. The molecule has 0 saturated carbocycles. The third kappa shape index (κ3) is 22.1. The fourth-order valence-corrected chi connectivity index (χ4v) is 3.92. The van der Waals surface area contributed by atoms with Crippen LogP contribution in [0.25, 0.3) is 0 Å². The van der Waals surface area contributed by atoms with Gasteiger partial charge in [0, 0.05) is 19.3 Å². The van der Waals surface area contributed by atoms with Crippen LogP contribution in [0.1, 0.15) is 162 Å². The Labute approximate surface area is 199 Å². The van der Waals surface area contributed by atoms with E-state index >= 15 is 0 Å². The number of hydrogen-bond donors (Lipinski definition) is 0. The van der Waals surface area contributed by atoms with Crippen molar-refractivity contribution in [3.63, 3.8) is 0 Å². The maximum absolute atomic E-state index is 12.3. The second-order valence-corrected chi connectivity index (χ2v) is 9.35. The van der Waals surface area contributed by atoms with Gasteiger partial charge in [0.05, 0.1) is 0 Å². The minimum atomic E-state index is -0.703. The highest BCUT2D eigenvalue weighted by molar-refractivity contribution is 5.71. The minimum Gasteiger partial charge on any atom is -0.425 e. The Balaban J connectivity index is 4.15. The Morgan fingerprint density at radius 1 is 0.469 bits per heavy atom. The second kappa shape index (κ2) is 24.6. The molecule has 0 N–H and O–H groups in total. The van der Waals surface area contributed by atoms with E-state index in [0.717, 1.165) is 38.5 Å². The van der Waals surface area contributed by atoms with Gasteiger partial charge in [-0.3, -0.25) is 9.59 Å². The maximum atomic E-state index is 12.3. The molecule has 0 rings (SSSR count). The molecular formula is C28H54O4. The van der Waals surface area contributed by atoms with Crippen molar-refractivity contribution >= 4 is 11.9 Å². The monoisotopic (exact) mass is 454 g/mol. The van der Waals surface area contributed by atoms with E-state index < -0.39 is 6.29 Å². The number of unbranched alkanes of at least 4 members (excludes halogenated alkanes) is 16. The largest absolute Gasteiger partial charge is 0.425 e. The summed E-state index contributed by atoms with van der Waals surface area (Å²) in [6.45, 7) is 6.63. The van der Waals surface area contributed by atoms with Crippen molar-refractivity contribution < 1.29 is 19.1 Å². The number of hydrogen-bond acceptors (Lipinski definition) is 4. The average Bonchev–Trinajstić information content (AvgIpc) is 2.77. The van der Waals surface area contributed by atoms with Crippen LogP contribution in [0, 0.1) is 0 Å². The van der Waals surface area contributed by atoms with Gasteiger partial charge in [0.1, 0.15) is 0 Å². The summed E-state index contributed by atoms with van der Waals surface area (Å²) < 4.78 is 11.1. The highest BCUT2D eigenvalue weighted by atomic mass is 16.7. The lowest BCUT2D eigenvalue weighted by molar-refractivity contribution is -0.189. The van der Waals surface area contributed by atoms with Gasteiger partial charge in [-0.05, 0) is 19.3 Å². The van der Waals surface area contributed by atoms with Crippen molar-refractivity contribution in [3.8, 4) is 0 Å². The number of carbonyl (C=O) groups is 2. The van der Waals surface area contributed by atoms with Crippen LogP contribution in [0.4, 0.5) is 0 Å². The van der Waals surface area contributed by atoms with E-state index in [2.05, 4.69) is 20.8 Å². The van der Waals surface area contributed by atoms with Gasteiger partial charge in [-0.15, -0.1) is 0 Å². The van der Waals surface area contributed by atoms with Gasteiger partial charge in [0.15, 0.2) is 0 Å². The van der Waals surface area contributed by atoms with Crippen LogP contribution in [0.15, 0.2) is 0 Å². The van der Waals surface area contributed by atoms with Crippen LogP contribution in [-0.4, -0.2) is 18.2 Å². The van der Waals surface area contributed by atoms with Crippen LogP contribution in [-0.2, 0) is 19.1 Å². The standard InChI is InChI=1S/C28H54O4/c1-4-7-10-13-15-18-20-23-26(29)31-28(25-22-17-12-9-6-3)32-27(30)24-21-19-16-14-11-8-5-2/h28H,4-25H2,1-3H3. The molecule has 0 aliphatic heterocycles. The second-order valence-electron chi connectivity index (χ2n) is 9.35. The lowest BCUT2D eigenvalue weighted by Gasteiger charge is -2.18. The molecule has 0 unspecified atom stereocenters. The van der Waals surface area contributed by atoms with Crippen molar-refractivity contribution in [3.05, 3.63) is 0 Å². The first kappa shape index (κ1) is 30.9. The number of carbonyl (C=O) groups excluding carboxylic acids is 2. The SMILES string of the molecule is CCCCCCCCCC(=O)OC(CCCCCCC)OC(=O)CCCCCCCCC. The van der Waals surface area contributed by atoms with E-state index in [1.807, 2.05) is 0 Å². The summed E-state index contributed by atoms with van der Waals surface area (Å²) in [5.41, 5.74) is 0. The van der Waals surface area contributed by atoms with Gasteiger partial charge in [0.25, 0.3) is 0 Å². The van der Waals surface area contributed by atoms with Gasteiger partial charge >= 0.3 is 11.9 Å². The number of rotatable bonds is 24. The normalized spacial score (nSPS) is 11.1. The van der Waals surface area contributed by atoms with Gasteiger partial charge in [-0.1, -0.05) is 124 Å². The summed E-state index contributed by atoms with van der Waals surface area (Å²) in [5, 5.41) is 0. The molecule has 0 aliphatic carbocycles. The third-order valence-corrected chi connectivity index (χ3v) is 6.04. The summed E-state index contributed by atoms with van der Waals surface area (Å²) in [5.74, 6) is -0.443. The van der Waals surface area contributed by atoms with Crippen molar-refractivity contribution in [1.29, 1.82) is 0 Å². The van der Waals surface area contributed by atoms with Crippen molar-refractivity contribution in [1.82, 2.24) is 0 Å². The summed E-state index contributed by atoms with van der Waals surface area (Å²) in [6, 6.07) is 0. The van der Waals surface area contributed by atoms with Crippen molar-refractivity contribution in [2.75, 3.05) is 0 Å². The lowest BCUT2D eigenvalue weighted by Crippen LogP contribution is -2.24. The zero-order chi connectivity index (χ0) is 23.7. The smallest absolute Gasteiger partial charge is 0.308 e. The van der Waals surface area contributed by atoms with Crippen LogP contribution in [0.2, 0.25) is 0 Å².